The van der Waals surface area contributed by atoms with Gasteiger partial charge in [0.2, 0.25) is 5.88 Å². The Morgan fingerprint density at radius 3 is 2.82 bits per heavy atom. The zero-order chi connectivity index (χ0) is 12.7. The molecule has 0 saturated heterocycles. The number of hydrogen-bond donors (Lipinski definition) is 2. The van der Waals surface area contributed by atoms with E-state index >= 15 is 0 Å². The van der Waals surface area contributed by atoms with E-state index in [1.807, 2.05) is 32.9 Å². The molecule has 1 heterocycles. The third-order valence-corrected chi connectivity index (χ3v) is 2.32. The number of aliphatic hydroxyl groups is 1. The first kappa shape index (κ1) is 13.9. The van der Waals surface area contributed by atoms with Gasteiger partial charge in [-0.25, -0.2) is 4.98 Å². The van der Waals surface area contributed by atoms with Gasteiger partial charge in [-0.1, -0.05) is 13.0 Å². The molecule has 17 heavy (non-hydrogen) atoms. The van der Waals surface area contributed by atoms with E-state index in [9.17, 15) is 0 Å². The molecule has 4 nitrogen and oxygen atoms in total. The molecule has 2 N–H and O–H groups in total. The molecule has 0 saturated carbocycles. The van der Waals surface area contributed by atoms with E-state index in [-0.39, 0.29) is 18.6 Å². The van der Waals surface area contributed by atoms with Crippen molar-refractivity contribution in [2.45, 2.75) is 33.4 Å². The predicted molar refractivity (Wildman–Crippen MR) is 68.0 cm³/mol. The zero-order valence-electron chi connectivity index (χ0n) is 10.8. The first-order valence-corrected chi connectivity index (χ1v) is 6.05. The molecule has 4 heteroatoms. The van der Waals surface area contributed by atoms with Crippen LogP contribution in [-0.4, -0.2) is 29.3 Å². The van der Waals surface area contributed by atoms with E-state index in [2.05, 4.69) is 10.3 Å². The fourth-order valence-electron chi connectivity index (χ4n) is 1.41. The standard InChI is InChI=1S/C13H22N2O2/c1-10(2)17-13-12(5-4-6-15-13)8-14-7-11(3)9-16/h4-6,10-11,14,16H,7-9H2,1-3H3. The van der Waals surface area contributed by atoms with Crippen molar-refractivity contribution in [1.82, 2.24) is 10.3 Å². The Morgan fingerprint density at radius 2 is 2.18 bits per heavy atom. The highest BCUT2D eigenvalue weighted by Crippen LogP contribution is 2.15. The lowest BCUT2D eigenvalue weighted by atomic mass is 10.2. The van der Waals surface area contributed by atoms with Crippen molar-refractivity contribution in [3.05, 3.63) is 23.9 Å². The van der Waals surface area contributed by atoms with Crippen LogP contribution in [0, 0.1) is 5.92 Å². The highest BCUT2D eigenvalue weighted by atomic mass is 16.5. The van der Waals surface area contributed by atoms with Crippen LogP contribution >= 0.6 is 0 Å². The van der Waals surface area contributed by atoms with Gasteiger partial charge in [-0.15, -0.1) is 0 Å². The molecule has 96 valence electrons. The summed E-state index contributed by atoms with van der Waals surface area (Å²) in [5.74, 6) is 0.952. The number of rotatable bonds is 7. The van der Waals surface area contributed by atoms with Crippen molar-refractivity contribution in [1.29, 1.82) is 0 Å². The Morgan fingerprint density at radius 1 is 1.41 bits per heavy atom. The van der Waals surface area contributed by atoms with Crippen molar-refractivity contribution in [2.75, 3.05) is 13.2 Å². The number of pyridine rings is 1. The average Bonchev–Trinajstić information content (AvgIpc) is 2.30. The largest absolute Gasteiger partial charge is 0.475 e. The molecule has 0 fully saturated rings. The minimum Gasteiger partial charge on any atom is -0.475 e. The molecular weight excluding hydrogens is 216 g/mol. The Labute approximate surface area is 103 Å². The monoisotopic (exact) mass is 238 g/mol. The highest BCUT2D eigenvalue weighted by Gasteiger charge is 2.06. The number of nitrogens with one attached hydrogen (secondary N) is 1. The second-order valence-corrected chi connectivity index (χ2v) is 4.55. The van der Waals surface area contributed by atoms with Crippen LogP contribution in [0.5, 0.6) is 5.88 Å². The molecule has 0 bridgehead atoms. The first-order valence-electron chi connectivity index (χ1n) is 6.05. The molecule has 1 rings (SSSR count). The maximum atomic E-state index is 8.93. The van der Waals surface area contributed by atoms with E-state index in [0.717, 1.165) is 12.1 Å². The van der Waals surface area contributed by atoms with E-state index in [0.29, 0.717) is 12.4 Å². The van der Waals surface area contributed by atoms with Gasteiger partial charge in [-0.2, -0.15) is 0 Å². The molecular formula is C13H22N2O2. The lowest BCUT2D eigenvalue weighted by Gasteiger charge is -2.14. The van der Waals surface area contributed by atoms with Crippen molar-refractivity contribution in [2.24, 2.45) is 5.92 Å². The summed E-state index contributed by atoms with van der Waals surface area (Å²) in [4.78, 5) is 4.23. The number of aliphatic hydroxyl groups excluding tert-OH is 1. The molecule has 1 aromatic heterocycles. The Hall–Kier alpha value is -1.13. The maximum absolute atomic E-state index is 8.93. The topological polar surface area (TPSA) is 54.4 Å². The summed E-state index contributed by atoms with van der Waals surface area (Å²) in [5, 5.41) is 12.2. The first-order chi connectivity index (χ1) is 8.13. The van der Waals surface area contributed by atoms with Crippen molar-refractivity contribution in [3.63, 3.8) is 0 Å². The molecule has 0 aliphatic carbocycles. The fraction of sp³-hybridized carbons (Fsp3) is 0.615. The minimum atomic E-state index is 0.125. The van der Waals surface area contributed by atoms with Gasteiger partial charge in [0.1, 0.15) is 0 Å². The molecule has 0 amide bonds. The average molecular weight is 238 g/mol. The van der Waals surface area contributed by atoms with Gasteiger partial charge in [-0.05, 0) is 25.8 Å². The molecule has 1 unspecified atom stereocenters. The lowest BCUT2D eigenvalue weighted by Crippen LogP contribution is -2.23. The normalized spacial score (nSPS) is 12.8. The van der Waals surface area contributed by atoms with Crippen LogP contribution in [0.2, 0.25) is 0 Å². The predicted octanol–water partition coefficient (Wildman–Crippen LogP) is 1.59. The molecule has 0 spiro atoms. The lowest BCUT2D eigenvalue weighted by molar-refractivity contribution is 0.226. The molecule has 0 aliphatic rings. The maximum Gasteiger partial charge on any atom is 0.218 e. The summed E-state index contributed by atoms with van der Waals surface area (Å²) in [6.45, 7) is 7.67. The molecule has 1 aromatic rings. The van der Waals surface area contributed by atoms with Gasteiger partial charge < -0.3 is 15.2 Å². The number of nitrogens with zero attached hydrogens (tertiary/aromatic N) is 1. The van der Waals surface area contributed by atoms with Crippen molar-refractivity contribution >= 4 is 0 Å². The van der Waals surface area contributed by atoms with Gasteiger partial charge in [0.05, 0.1) is 6.10 Å². The van der Waals surface area contributed by atoms with Gasteiger partial charge >= 0.3 is 0 Å². The number of hydrogen-bond acceptors (Lipinski definition) is 4. The summed E-state index contributed by atoms with van der Waals surface area (Å²) >= 11 is 0. The summed E-state index contributed by atoms with van der Waals surface area (Å²) in [6, 6.07) is 3.90. The fourth-order valence-corrected chi connectivity index (χ4v) is 1.41. The minimum absolute atomic E-state index is 0.125. The molecule has 0 aromatic carbocycles. The number of ether oxygens (including phenoxy) is 1. The van der Waals surface area contributed by atoms with Crippen LogP contribution in [0.25, 0.3) is 0 Å². The van der Waals surface area contributed by atoms with E-state index in [1.165, 1.54) is 0 Å². The molecule has 1 atom stereocenters. The van der Waals surface area contributed by atoms with E-state index < -0.39 is 0 Å². The van der Waals surface area contributed by atoms with Gasteiger partial charge in [0.15, 0.2) is 0 Å². The Balaban J connectivity index is 2.51. The molecule has 0 radical (unpaired) electrons. The van der Waals surface area contributed by atoms with E-state index in [1.54, 1.807) is 6.20 Å². The van der Waals surface area contributed by atoms with Gasteiger partial charge in [0, 0.05) is 31.5 Å². The Bertz CT molecular complexity index is 329. The zero-order valence-corrected chi connectivity index (χ0v) is 10.8. The van der Waals surface area contributed by atoms with Crippen LogP contribution in [0.15, 0.2) is 18.3 Å². The van der Waals surface area contributed by atoms with Crippen LogP contribution in [0.1, 0.15) is 26.3 Å². The van der Waals surface area contributed by atoms with E-state index in [4.69, 9.17) is 9.84 Å². The highest BCUT2D eigenvalue weighted by molar-refractivity contribution is 5.25. The summed E-state index contributed by atoms with van der Waals surface area (Å²) < 4.78 is 5.63. The quantitative estimate of drug-likeness (QED) is 0.757. The summed E-state index contributed by atoms with van der Waals surface area (Å²) in [7, 11) is 0. The number of aromatic nitrogens is 1. The molecule has 0 aliphatic heterocycles. The van der Waals surface area contributed by atoms with Gasteiger partial charge in [-0.3, -0.25) is 0 Å². The summed E-state index contributed by atoms with van der Waals surface area (Å²) in [6.07, 6.45) is 1.86. The van der Waals surface area contributed by atoms with Gasteiger partial charge in [0.25, 0.3) is 0 Å². The third kappa shape index (κ3) is 5.15. The van der Waals surface area contributed by atoms with Crippen LogP contribution in [0.4, 0.5) is 0 Å². The van der Waals surface area contributed by atoms with Crippen LogP contribution in [0.3, 0.4) is 0 Å². The van der Waals surface area contributed by atoms with Crippen LogP contribution < -0.4 is 10.1 Å². The van der Waals surface area contributed by atoms with Crippen molar-refractivity contribution in [3.8, 4) is 5.88 Å². The smallest absolute Gasteiger partial charge is 0.218 e. The second kappa shape index (κ2) is 7.25. The third-order valence-electron chi connectivity index (χ3n) is 2.32. The van der Waals surface area contributed by atoms with Crippen LogP contribution in [-0.2, 0) is 6.54 Å². The Kier molecular flexibility index (Phi) is 5.94. The SMILES string of the molecule is CC(CO)CNCc1cccnc1OC(C)C. The summed E-state index contributed by atoms with van der Waals surface area (Å²) in [5.41, 5.74) is 1.05. The second-order valence-electron chi connectivity index (χ2n) is 4.55. The van der Waals surface area contributed by atoms with Crippen molar-refractivity contribution < 1.29 is 9.84 Å².